The summed E-state index contributed by atoms with van der Waals surface area (Å²) in [6.07, 6.45) is 3.26. The number of nitrogens with zero attached hydrogens (tertiary/aromatic N) is 2. The van der Waals surface area contributed by atoms with Gasteiger partial charge in [-0.05, 0) is 37.1 Å². The SMILES string of the molecule is CN1C(=O)N(CC(O)COc2ccc(F)cc2)C(=O)C12CCCCC2. The Morgan fingerprint density at radius 3 is 2.48 bits per heavy atom. The van der Waals surface area contributed by atoms with Crippen molar-refractivity contribution in [3.63, 3.8) is 0 Å². The highest BCUT2D eigenvalue weighted by molar-refractivity contribution is 6.07. The Morgan fingerprint density at radius 1 is 1.20 bits per heavy atom. The number of imide groups is 1. The van der Waals surface area contributed by atoms with Crippen LogP contribution in [0.3, 0.4) is 0 Å². The third-order valence-corrected chi connectivity index (χ3v) is 5.13. The van der Waals surface area contributed by atoms with Crippen LogP contribution in [-0.2, 0) is 4.79 Å². The van der Waals surface area contributed by atoms with E-state index in [1.54, 1.807) is 7.05 Å². The zero-order valence-corrected chi connectivity index (χ0v) is 14.3. The van der Waals surface area contributed by atoms with Crippen LogP contribution in [0.15, 0.2) is 24.3 Å². The fourth-order valence-electron chi connectivity index (χ4n) is 3.68. The van der Waals surface area contributed by atoms with Crippen molar-refractivity contribution in [1.82, 2.24) is 9.80 Å². The second kappa shape index (κ2) is 7.00. The highest BCUT2D eigenvalue weighted by Crippen LogP contribution is 2.39. The number of carbonyl (C=O) groups excluding carboxylic acids is 2. The number of hydrogen-bond donors (Lipinski definition) is 1. The summed E-state index contributed by atoms with van der Waals surface area (Å²) < 4.78 is 18.2. The third kappa shape index (κ3) is 3.33. The molecule has 1 saturated heterocycles. The Bertz CT molecular complexity index is 643. The van der Waals surface area contributed by atoms with Gasteiger partial charge < -0.3 is 14.7 Å². The minimum atomic E-state index is -1.01. The Hall–Kier alpha value is -2.15. The number of aliphatic hydroxyl groups is 1. The summed E-state index contributed by atoms with van der Waals surface area (Å²) >= 11 is 0. The van der Waals surface area contributed by atoms with Crippen LogP contribution in [0, 0.1) is 5.82 Å². The molecule has 7 heteroatoms. The average Bonchev–Trinajstić information content (AvgIpc) is 2.78. The lowest BCUT2D eigenvalue weighted by Crippen LogP contribution is -2.49. The lowest BCUT2D eigenvalue weighted by molar-refractivity contribution is -0.135. The van der Waals surface area contributed by atoms with E-state index < -0.39 is 11.6 Å². The first-order chi connectivity index (χ1) is 11.9. The summed E-state index contributed by atoms with van der Waals surface area (Å²) in [5.41, 5.74) is -0.743. The van der Waals surface area contributed by atoms with Gasteiger partial charge in [-0.15, -0.1) is 0 Å². The lowest BCUT2D eigenvalue weighted by Gasteiger charge is -2.35. The van der Waals surface area contributed by atoms with Gasteiger partial charge in [0.2, 0.25) is 0 Å². The van der Waals surface area contributed by atoms with Crippen molar-refractivity contribution >= 4 is 11.9 Å². The van der Waals surface area contributed by atoms with E-state index in [0.717, 1.165) is 24.2 Å². The van der Waals surface area contributed by atoms with Gasteiger partial charge in [0.1, 0.15) is 29.8 Å². The largest absolute Gasteiger partial charge is 0.491 e. The number of aliphatic hydroxyl groups excluding tert-OH is 1. The normalized spacial score (nSPS) is 21.1. The smallest absolute Gasteiger partial charge is 0.327 e. The van der Waals surface area contributed by atoms with E-state index >= 15 is 0 Å². The Kier molecular flexibility index (Phi) is 4.94. The van der Waals surface area contributed by atoms with Crippen molar-refractivity contribution in [3.8, 4) is 5.75 Å². The van der Waals surface area contributed by atoms with Crippen LogP contribution in [0.2, 0.25) is 0 Å². The Balaban J connectivity index is 1.60. The molecule has 25 heavy (non-hydrogen) atoms. The topological polar surface area (TPSA) is 70.1 Å². The maximum Gasteiger partial charge on any atom is 0.327 e. The number of hydrogen-bond acceptors (Lipinski definition) is 4. The molecule has 0 bridgehead atoms. The van der Waals surface area contributed by atoms with Crippen LogP contribution in [0.4, 0.5) is 9.18 Å². The maximum absolute atomic E-state index is 12.9. The van der Waals surface area contributed by atoms with Gasteiger partial charge in [-0.2, -0.15) is 0 Å². The number of likely N-dealkylation sites (N-methyl/N-ethyl adjacent to an activating group) is 1. The standard InChI is InChI=1S/C18H23FN2O4/c1-20-17(24)21(16(23)18(20)9-3-2-4-10-18)11-14(22)12-25-15-7-5-13(19)6-8-15/h5-8,14,22H,2-4,9-12H2,1H3. The number of halogens is 1. The monoisotopic (exact) mass is 350 g/mol. The number of benzene rings is 1. The predicted molar refractivity (Wildman–Crippen MR) is 88.6 cm³/mol. The van der Waals surface area contributed by atoms with Crippen LogP contribution in [0.25, 0.3) is 0 Å². The molecule has 6 nitrogen and oxygen atoms in total. The molecule has 1 spiro atoms. The molecule has 3 amide bonds. The van der Waals surface area contributed by atoms with Crippen LogP contribution in [0.1, 0.15) is 32.1 Å². The minimum absolute atomic E-state index is 0.0839. The molecule has 1 unspecified atom stereocenters. The highest BCUT2D eigenvalue weighted by atomic mass is 19.1. The maximum atomic E-state index is 12.9. The van der Waals surface area contributed by atoms with Gasteiger partial charge in [0, 0.05) is 7.05 Å². The molecule has 1 aliphatic carbocycles. The molecule has 2 aliphatic rings. The van der Waals surface area contributed by atoms with Crippen molar-refractivity contribution in [3.05, 3.63) is 30.1 Å². The lowest BCUT2D eigenvalue weighted by atomic mass is 9.81. The molecular weight excluding hydrogens is 327 g/mol. The first-order valence-electron chi connectivity index (χ1n) is 8.60. The fourth-order valence-corrected chi connectivity index (χ4v) is 3.68. The number of urea groups is 1. The summed E-state index contributed by atoms with van der Waals surface area (Å²) in [7, 11) is 1.66. The Morgan fingerprint density at radius 2 is 1.84 bits per heavy atom. The van der Waals surface area contributed by atoms with Gasteiger partial charge in [0.15, 0.2) is 0 Å². The summed E-state index contributed by atoms with van der Waals surface area (Å²) in [4.78, 5) is 28.0. The van der Waals surface area contributed by atoms with E-state index in [-0.39, 0.29) is 30.9 Å². The van der Waals surface area contributed by atoms with E-state index in [1.165, 1.54) is 29.2 Å². The van der Waals surface area contributed by atoms with Crippen LogP contribution >= 0.6 is 0 Å². The Labute approximate surface area is 146 Å². The number of amides is 3. The molecule has 1 heterocycles. The van der Waals surface area contributed by atoms with Gasteiger partial charge >= 0.3 is 6.03 Å². The van der Waals surface area contributed by atoms with Crippen LogP contribution in [-0.4, -0.2) is 58.7 Å². The second-order valence-electron chi connectivity index (χ2n) is 6.77. The fraction of sp³-hybridized carbons (Fsp3) is 0.556. The predicted octanol–water partition coefficient (Wildman–Crippen LogP) is 2.16. The summed E-state index contributed by atoms with van der Waals surface area (Å²) in [6.45, 7) is -0.190. The van der Waals surface area contributed by atoms with Crippen molar-refractivity contribution in [2.75, 3.05) is 20.2 Å². The molecule has 1 saturated carbocycles. The van der Waals surface area contributed by atoms with Crippen molar-refractivity contribution < 1.29 is 23.8 Å². The molecule has 0 radical (unpaired) electrons. The quantitative estimate of drug-likeness (QED) is 0.826. The first-order valence-corrected chi connectivity index (χ1v) is 8.60. The molecule has 2 fully saturated rings. The molecule has 136 valence electrons. The van der Waals surface area contributed by atoms with E-state index in [0.29, 0.717) is 18.6 Å². The first kappa shape index (κ1) is 17.7. The summed E-state index contributed by atoms with van der Waals surface area (Å²) in [5, 5.41) is 10.2. The number of ether oxygens (including phenoxy) is 1. The molecular formula is C18H23FN2O4. The zero-order valence-electron chi connectivity index (χ0n) is 14.3. The summed E-state index contributed by atoms with van der Waals surface area (Å²) in [5.74, 6) is -0.178. The van der Waals surface area contributed by atoms with E-state index in [2.05, 4.69) is 0 Å². The molecule has 1 aliphatic heterocycles. The molecule has 0 aromatic heterocycles. The third-order valence-electron chi connectivity index (χ3n) is 5.13. The molecule has 3 rings (SSSR count). The van der Waals surface area contributed by atoms with Crippen molar-refractivity contribution in [2.45, 2.75) is 43.7 Å². The van der Waals surface area contributed by atoms with Crippen LogP contribution < -0.4 is 4.74 Å². The second-order valence-corrected chi connectivity index (χ2v) is 6.77. The number of rotatable bonds is 5. The van der Waals surface area contributed by atoms with Gasteiger partial charge in [-0.1, -0.05) is 19.3 Å². The van der Waals surface area contributed by atoms with Crippen molar-refractivity contribution in [2.24, 2.45) is 0 Å². The van der Waals surface area contributed by atoms with Gasteiger partial charge in [-0.25, -0.2) is 9.18 Å². The van der Waals surface area contributed by atoms with Crippen molar-refractivity contribution in [1.29, 1.82) is 0 Å². The van der Waals surface area contributed by atoms with Crippen LogP contribution in [0.5, 0.6) is 5.75 Å². The van der Waals surface area contributed by atoms with E-state index in [4.69, 9.17) is 4.74 Å². The van der Waals surface area contributed by atoms with Gasteiger partial charge in [0.25, 0.3) is 5.91 Å². The minimum Gasteiger partial charge on any atom is -0.491 e. The van der Waals surface area contributed by atoms with E-state index in [1.807, 2.05) is 0 Å². The molecule has 1 aromatic carbocycles. The van der Waals surface area contributed by atoms with E-state index in [9.17, 15) is 19.1 Å². The molecule has 1 aromatic rings. The molecule has 1 N–H and O–H groups in total. The number of carbonyl (C=O) groups is 2. The van der Waals surface area contributed by atoms with Gasteiger partial charge in [0.05, 0.1) is 6.54 Å². The average molecular weight is 350 g/mol. The summed E-state index contributed by atoms with van der Waals surface area (Å²) in [6, 6.07) is 5.07. The highest BCUT2D eigenvalue weighted by Gasteiger charge is 2.55. The number of β-amino-alcohol motifs (C(OH)–C–C–N with tert-alkyl or cyclic N) is 1. The van der Waals surface area contributed by atoms with Gasteiger partial charge in [-0.3, -0.25) is 9.69 Å². The molecule has 1 atom stereocenters. The zero-order chi connectivity index (χ0) is 18.0.